The Balaban J connectivity index is 3.12. The zero-order valence-electron chi connectivity index (χ0n) is 10.1. The number of rotatable bonds is 5. The highest BCUT2D eigenvalue weighted by Crippen LogP contribution is 2.25. The molecule has 7 heteroatoms. The minimum absolute atomic E-state index is 0.110. The van der Waals surface area contributed by atoms with Crippen LogP contribution in [0.25, 0.3) is 0 Å². The maximum absolute atomic E-state index is 11.1. The number of carbonyl (C=O) groups excluding carboxylic acids is 1. The van der Waals surface area contributed by atoms with Crippen LogP contribution in [-0.4, -0.2) is 35.5 Å². The number of anilines is 2. The van der Waals surface area contributed by atoms with E-state index in [4.69, 9.17) is 5.73 Å². The van der Waals surface area contributed by atoms with Gasteiger partial charge in [-0.3, -0.25) is 4.79 Å². The van der Waals surface area contributed by atoms with Gasteiger partial charge in [-0.05, 0) is 29.8 Å². The van der Waals surface area contributed by atoms with Crippen molar-refractivity contribution >= 4 is 33.6 Å². The highest BCUT2D eigenvalue weighted by Gasteiger charge is 2.18. The molecule has 1 aromatic rings. The summed E-state index contributed by atoms with van der Waals surface area (Å²) in [7, 11) is 1.74. The van der Waals surface area contributed by atoms with Gasteiger partial charge in [0.05, 0.1) is 11.0 Å². The van der Waals surface area contributed by atoms with Crippen molar-refractivity contribution in [3.63, 3.8) is 0 Å². The van der Waals surface area contributed by atoms with Gasteiger partial charge in [-0.25, -0.2) is 4.98 Å². The van der Waals surface area contributed by atoms with Crippen LogP contribution in [0.2, 0.25) is 0 Å². The summed E-state index contributed by atoms with van der Waals surface area (Å²) in [5.74, 6) is 0.756. The van der Waals surface area contributed by atoms with Crippen LogP contribution in [0.1, 0.15) is 13.8 Å². The third kappa shape index (κ3) is 3.55. The van der Waals surface area contributed by atoms with Crippen molar-refractivity contribution in [2.24, 2.45) is 5.73 Å². The zero-order chi connectivity index (χ0) is 13.0. The van der Waals surface area contributed by atoms with Gasteiger partial charge in [0.1, 0.15) is 5.82 Å². The van der Waals surface area contributed by atoms with E-state index in [2.05, 4.69) is 31.2 Å². The summed E-state index contributed by atoms with van der Waals surface area (Å²) in [4.78, 5) is 21.3. The van der Waals surface area contributed by atoms with Gasteiger partial charge in [0, 0.05) is 19.3 Å². The van der Waals surface area contributed by atoms with E-state index < -0.39 is 5.91 Å². The van der Waals surface area contributed by atoms with Crippen molar-refractivity contribution < 1.29 is 4.79 Å². The molecular weight excluding hydrogens is 286 g/mol. The molecule has 6 nitrogen and oxygen atoms in total. The topological polar surface area (TPSA) is 84.1 Å². The average Bonchev–Trinajstić information content (AvgIpc) is 2.26. The summed E-state index contributed by atoms with van der Waals surface area (Å²) >= 11 is 3.37. The number of nitrogens with zero attached hydrogens (tertiary/aromatic N) is 3. The number of hydrogen-bond donors (Lipinski definition) is 2. The van der Waals surface area contributed by atoms with Crippen molar-refractivity contribution in [1.29, 1.82) is 0 Å². The second kappa shape index (κ2) is 5.81. The minimum atomic E-state index is -0.393. The molecular formula is C10H16BrN5O. The van der Waals surface area contributed by atoms with Crippen molar-refractivity contribution in [1.82, 2.24) is 9.97 Å². The first kappa shape index (κ1) is 13.7. The van der Waals surface area contributed by atoms with Crippen LogP contribution in [-0.2, 0) is 4.79 Å². The molecule has 0 unspecified atom stereocenters. The van der Waals surface area contributed by atoms with E-state index in [1.165, 1.54) is 0 Å². The number of aromatic nitrogens is 2. The smallest absolute Gasteiger partial charge is 0.237 e. The van der Waals surface area contributed by atoms with Crippen molar-refractivity contribution in [3.05, 3.63) is 10.7 Å². The Hall–Kier alpha value is -1.37. The molecule has 1 amide bonds. The number of primary amides is 1. The second-order valence-electron chi connectivity index (χ2n) is 3.80. The SMILES string of the molecule is CNc1ncc(Br)c(N(CC(N)=O)C(C)C)n1. The first-order valence-electron chi connectivity index (χ1n) is 5.21. The molecule has 1 rings (SSSR count). The Labute approximate surface area is 109 Å². The molecule has 1 aromatic heterocycles. The Morgan fingerprint density at radius 2 is 2.29 bits per heavy atom. The maximum Gasteiger partial charge on any atom is 0.237 e. The van der Waals surface area contributed by atoms with Crippen molar-refractivity contribution in [2.45, 2.75) is 19.9 Å². The van der Waals surface area contributed by atoms with E-state index in [1.807, 2.05) is 18.7 Å². The molecule has 0 saturated heterocycles. The van der Waals surface area contributed by atoms with E-state index in [1.54, 1.807) is 13.2 Å². The van der Waals surface area contributed by atoms with Crippen LogP contribution in [0.4, 0.5) is 11.8 Å². The summed E-state index contributed by atoms with van der Waals surface area (Å²) < 4.78 is 0.728. The molecule has 0 spiro atoms. The van der Waals surface area contributed by atoms with E-state index in [0.717, 1.165) is 4.47 Å². The van der Waals surface area contributed by atoms with Gasteiger partial charge in [0.25, 0.3) is 0 Å². The largest absolute Gasteiger partial charge is 0.368 e. The van der Waals surface area contributed by atoms with Gasteiger partial charge in [-0.15, -0.1) is 0 Å². The molecule has 1 heterocycles. The van der Waals surface area contributed by atoms with Crippen LogP contribution >= 0.6 is 15.9 Å². The summed E-state index contributed by atoms with van der Waals surface area (Å²) in [5.41, 5.74) is 5.23. The summed E-state index contributed by atoms with van der Waals surface area (Å²) in [6.07, 6.45) is 1.64. The van der Waals surface area contributed by atoms with Gasteiger partial charge in [0.2, 0.25) is 11.9 Å². The normalized spacial score (nSPS) is 10.4. The van der Waals surface area contributed by atoms with Crippen LogP contribution in [0, 0.1) is 0 Å². The number of hydrogen-bond acceptors (Lipinski definition) is 5. The maximum atomic E-state index is 11.1. The molecule has 0 bridgehead atoms. The lowest BCUT2D eigenvalue weighted by molar-refractivity contribution is -0.116. The average molecular weight is 302 g/mol. The Morgan fingerprint density at radius 1 is 1.65 bits per heavy atom. The first-order chi connectivity index (χ1) is 7.95. The molecule has 0 radical (unpaired) electrons. The number of carbonyl (C=O) groups is 1. The Kier molecular flexibility index (Phi) is 4.68. The predicted molar refractivity (Wildman–Crippen MR) is 71.0 cm³/mol. The number of nitrogens with two attached hydrogens (primary N) is 1. The van der Waals surface area contributed by atoms with Crippen LogP contribution in [0.15, 0.2) is 10.7 Å². The van der Waals surface area contributed by atoms with Gasteiger partial charge in [-0.2, -0.15) is 4.98 Å². The third-order valence-corrected chi connectivity index (χ3v) is 2.73. The second-order valence-corrected chi connectivity index (χ2v) is 4.66. The lowest BCUT2D eigenvalue weighted by Gasteiger charge is -2.27. The summed E-state index contributed by atoms with van der Waals surface area (Å²) in [6, 6.07) is 0.110. The highest BCUT2D eigenvalue weighted by atomic mass is 79.9. The number of halogens is 1. The summed E-state index contributed by atoms with van der Waals surface area (Å²) in [6.45, 7) is 4.06. The Bertz CT molecular complexity index is 410. The van der Waals surface area contributed by atoms with Gasteiger partial charge in [-0.1, -0.05) is 0 Å². The van der Waals surface area contributed by atoms with E-state index >= 15 is 0 Å². The summed E-state index contributed by atoms with van der Waals surface area (Å²) in [5, 5.41) is 2.86. The first-order valence-corrected chi connectivity index (χ1v) is 6.00. The standard InChI is InChI=1S/C10H16BrN5O/c1-6(2)16(5-8(12)17)9-7(11)4-14-10(13-3)15-9/h4,6H,5H2,1-3H3,(H2,12,17)(H,13,14,15). The van der Waals surface area contributed by atoms with E-state index in [0.29, 0.717) is 11.8 Å². The van der Waals surface area contributed by atoms with Gasteiger partial charge >= 0.3 is 0 Å². The molecule has 3 N–H and O–H groups in total. The van der Waals surface area contributed by atoms with Crippen LogP contribution < -0.4 is 16.0 Å². The van der Waals surface area contributed by atoms with Gasteiger partial charge in [0.15, 0.2) is 0 Å². The van der Waals surface area contributed by atoms with E-state index in [-0.39, 0.29) is 12.6 Å². The lowest BCUT2D eigenvalue weighted by atomic mass is 10.3. The molecule has 0 aliphatic rings. The molecule has 17 heavy (non-hydrogen) atoms. The lowest BCUT2D eigenvalue weighted by Crippen LogP contribution is -2.39. The third-order valence-electron chi connectivity index (χ3n) is 2.17. The van der Waals surface area contributed by atoms with Crippen LogP contribution in [0.5, 0.6) is 0 Å². The van der Waals surface area contributed by atoms with Gasteiger partial charge < -0.3 is 16.0 Å². The minimum Gasteiger partial charge on any atom is -0.368 e. The van der Waals surface area contributed by atoms with Crippen LogP contribution in [0.3, 0.4) is 0 Å². The highest BCUT2D eigenvalue weighted by molar-refractivity contribution is 9.10. The molecule has 0 aliphatic heterocycles. The Morgan fingerprint density at radius 3 is 2.76 bits per heavy atom. The fourth-order valence-corrected chi connectivity index (χ4v) is 1.77. The molecule has 0 atom stereocenters. The molecule has 0 aromatic carbocycles. The fraction of sp³-hybridized carbons (Fsp3) is 0.500. The molecule has 94 valence electrons. The predicted octanol–water partition coefficient (Wildman–Crippen LogP) is 0.981. The van der Waals surface area contributed by atoms with Crippen molar-refractivity contribution in [2.75, 3.05) is 23.8 Å². The van der Waals surface area contributed by atoms with Crippen molar-refractivity contribution in [3.8, 4) is 0 Å². The monoisotopic (exact) mass is 301 g/mol. The molecule has 0 aliphatic carbocycles. The van der Waals surface area contributed by atoms with E-state index in [9.17, 15) is 4.79 Å². The number of nitrogens with one attached hydrogen (secondary N) is 1. The molecule has 0 saturated carbocycles. The fourth-order valence-electron chi connectivity index (χ4n) is 1.35. The molecule has 0 fully saturated rings. The number of amides is 1. The zero-order valence-corrected chi connectivity index (χ0v) is 11.7. The quantitative estimate of drug-likeness (QED) is 0.847.